The van der Waals surface area contributed by atoms with Crippen molar-refractivity contribution in [1.29, 1.82) is 5.26 Å². The first-order chi connectivity index (χ1) is 8.70. The van der Waals surface area contributed by atoms with Crippen molar-refractivity contribution < 1.29 is 0 Å². The Bertz CT molecular complexity index is 456. The summed E-state index contributed by atoms with van der Waals surface area (Å²) in [4.78, 5) is 0. The largest absolute Gasteiger partial charge is 0.381 e. The fourth-order valence-corrected chi connectivity index (χ4v) is 2.86. The number of nitrogens with zero attached hydrogens (tertiary/aromatic N) is 1. The summed E-state index contributed by atoms with van der Waals surface area (Å²) in [5, 5.41) is 13.4. The van der Waals surface area contributed by atoms with Crippen LogP contribution in [-0.4, -0.2) is 6.04 Å². The molecular formula is C14H16BrClN2. The second-order valence-corrected chi connectivity index (χ2v) is 6.01. The number of nitriles is 1. The van der Waals surface area contributed by atoms with Crippen LogP contribution in [0.5, 0.6) is 0 Å². The highest BCUT2D eigenvalue weighted by Gasteiger charge is 2.23. The minimum atomic E-state index is 0.106. The first-order valence-electron chi connectivity index (χ1n) is 6.32. The summed E-state index contributed by atoms with van der Waals surface area (Å²) in [7, 11) is 0. The second kappa shape index (κ2) is 6.45. The number of anilines is 1. The van der Waals surface area contributed by atoms with Crippen molar-refractivity contribution in [3.8, 4) is 6.07 Å². The molecule has 0 spiro atoms. The molecule has 0 amide bonds. The Morgan fingerprint density at radius 2 is 2.06 bits per heavy atom. The van der Waals surface area contributed by atoms with Crippen molar-refractivity contribution in [3.63, 3.8) is 0 Å². The van der Waals surface area contributed by atoms with E-state index >= 15 is 0 Å². The molecule has 1 fully saturated rings. The van der Waals surface area contributed by atoms with Crippen LogP contribution in [0.15, 0.2) is 22.7 Å². The van der Waals surface area contributed by atoms with E-state index in [0.29, 0.717) is 5.02 Å². The Morgan fingerprint density at radius 3 is 2.78 bits per heavy atom. The Morgan fingerprint density at radius 1 is 1.28 bits per heavy atom. The minimum Gasteiger partial charge on any atom is -0.381 e. The summed E-state index contributed by atoms with van der Waals surface area (Å²) in [6.07, 6.45) is 5.65. The monoisotopic (exact) mass is 326 g/mol. The SMILES string of the molecule is N#CC1CCCCCC1Nc1ccc(Br)c(Cl)c1. The number of rotatable bonds is 2. The topological polar surface area (TPSA) is 35.8 Å². The lowest BCUT2D eigenvalue weighted by Crippen LogP contribution is -2.27. The standard InChI is InChI=1S/C14H16BrClN2/c15-12-7-6-11(8-13(12)16)18-14-5-3-1-2-4-10(14)9-17/h6-8,10,14,18H,1-5H2. The Labute approximate surface area is 121 Å². The van der Waals surface area contributed by atoms with Gasteiger partial charge in [0.05, 0.1) is 17.0 Å². The van der Waals surface area contributed by atoms with E-state index < -0.39 is 0 Å². The van der Waals surface area contributed by atoms with Crippen LogP contribution in [0.3, 0.4) is 0 Å². The molecule has 0 aromatic heterocycles. The highest BCUT2D eigenvalue weighted by molar-refractivity contribution is 9.10. The van der Waals surface area contributed by atoms with Gasteiger partial charge in [-0.05, 0) is 47.0 Å². The molecule has 2 atom stereocenters. The summed E-state index contributed by atoms with van der Waals surface area (Å²) in [5.74, 6) is 0.106. The van der Waals surface area contributed by atoms with Crippen LogP contribution in [0.2, 0.25) is 5.02 Å². The van der Waals surface area contributed by atoms with E-state index in [-0.39, 0.29) is 12.0 Å². The average molecular weight is 328 g/mol. The molecule has 2 rings (SSSR count). The average Bonchev–Trinajstić information content (AvgIpc) is 2.59. The van der Waals surface area contributed by atoms with Crippen molar-refractivity contribution in [2.24, 2.45) is 5.92 Å². The first-order valence-corrected chi connectivity index (χ1v) is 7.49. The van der Waals surface area contributed by atoms with Gasteiger partial charge in [0.25, 0.3) is 0 Å². The van der Waals surface area contributed by atoms with Gasteiger partial charge in [-0.25, -0.2) is 0 Å². The fourth-order valence-electron chi connectivity index (χ4n) is 2.43. The van der Waals surface area contributed by atoms with Crippen LogP contribution in [0.1, 0.15) is 32.1 Å². The molecule has 1 aromatic rings. The maximum atomic E-state index is 9.24. The molecule has 1 saturated carbocycles. The van der Waals surface area contributed by atoms with Crippen molar-refractivity contribution in [3.05, 3.63) is 27.7 Å². The summed E-state index contributed by atoms with van der Waals surface area (Å²) in [5.41, 5.74) is 0.996. The van der Waals surface area contributed by atoms with Crippen molar-refractivity contribution in [2.75, 3.05) is 5.32 Å². The van der Waals surface area contributed by atoms with Crippen LogP contribution in [0.4, 0.5) is 5.69 Å². The fraction of sp³-hybridized carbons (Fsp3) is 0.500. The zero-order chi connectivity index (χ0) is 13.0. The molecule has 1 aliphatic carbocycles. The third kappa shape index (κ3) is 3.40. The van der Waals surface area contributed by atoms with Crippen molar-refractivity contribution in [1.82, 2.24) is 0 Å². The zero-order valence-electron chi connectivity index (χ0n) is 10.1. The highest BCUT2D eigenvalue weighted by atomic mass is 79.9. The van der Waals surface area contributed by atoms with Crippen molar-refractivity contribution >= 4 is 33.2 Å². The third-order valence-corrected chi connectivity index (χ3v) is 4.69. The summed E-state index contributed by atoms with van der Waals surface area (Å²) >= 11 is 9.46. The predicted molar refractivity (Wildman–Crippen MR) is 78.8 cm³/mol. The molecular weight excluding hydrogens is 312 g/mol. The van der Waals surface area contributed by atoms with Gasteiger partial charge in [-0.3, -0.25) is 0 Å². The molecule has 0 saturated heterocycles. The van der Waals surface area contributed by atoms with Gasteiger partial charge in [-0.2, -0.15) is 5.26 Å². The number of halogens is 2. The Balaban J connectivity index is 2.10. The summed E-state index contributed by atoms with van der Waals surface area (Å²) in [6, 6.07) is 8.52. The van der Waals surface area contributed by atoms with Gasteiger partial charge in [0.2, 0.25) is 0 Å². The van der Waals surface area contributed by atoms with E-state index in [9.17, 15) is 5.26 Å². The number of nitrogens with one attached hydrogen (secondary N) is 1. The van der Waals surface area contributed by atoms with Gasteiger partial charge in [0.1, 0.15) is 0 Å². The maximum Gasteiger partial charge on any atom is 0.0677 e. The van der Waals surface area contributed by atoms with Gasteiger partial charge in [-0.15, -0.1) is 0 Å². The molecule has 4 heteroatoms. The molecule has 2 unspecified atom stereocenters. The van der Waals surface area contributed by atoms with Gasteiger partial charge >= 0.3 is 0 Å². The lowest BCUT2D eigenvalue weighted by molar-refractivity contribution is 0.514. The molecule has 0 aliphatic heterocycles. The quantitative estimate of drug-likeness (QED) is 0.777. The van der Waals surface area contributed by atoms with Gasteiger partial charge in [0, 0.05) is 16.2 Å². The molecule has 2 nitrogen and oxygen atoms in total. The van der Waals surface area contributed by atoms with Crippen LogP contribution >= 0.6 is 27.5 Å². The highest BCUT2D eigenvalue weighted by Crippen LogP contribution is 2.29. The number of benzene rings is 1. The Hall–Kier alpha value is -0.720. The zero-order valence-corrected chi connectivity index (χ0v) is 12.5. The van der Waals surface area contributed by atoms with E-state index in [4.69, 9.17) is 11.6 Å². The van der Waals surface area contributed by atoms with Gasteiger partial charge in [-0.1, -0.05) is 30.9 Å². The summed E-state index contributed by atoms with van der Waals surface area (Å²) in [6.45, 7) is 0. The van der Waals surface area contributed by atoms with E-state index in [1.807, 2.05) is 18.2 Å². The maximum absolute atomic E-state index is 9.24. The molecule has 1 N–H and O–H groups in total. The van der Waals surface area contributed by atoms with E-state index in [2.05, 4.69) is 27.3 Å². The van der Waals surface area contributed by atoms with E-state index in [1.54, 1.807) is 0 Å². The first kappa shape index (κ1) is 13.7. The van der Waals surface area contributed by atoms with Crippen molar-refractivity contribution in [2.45, 2.75) is 38.1 Å². The number of hydrogen-bond donors (Lipinski definition) is 1. The second-order valence-electron chi connectivity index (χ2n) is 4.75. The van der Waals surface area contributed by atoms with Gasteiger partial charge in [0.15, 0.2) is 0 Å². The van der Waals surface area contributed by atoms with E-state index in [0.717, 1.165) is 29.4 Å². The molecule has 1 aromatic carbocycles. The Kier molecular flexibility index (Phi) is 4.91. The molecule has 0 heterocycles. The normalized spacial score (nSPS) is 24.1. The molecule has 96 valence electrons. The lowest BCUT2D eigenvalue weighted by atomic mass is 9.96. The summed E-state index contributed by atoms with van der Waals surface area (Å²) < 4.78 is 0.896. The lowest BCUT2D eigenvalue weighted by Gasteiger charge is -2.22. The predicted octanol–water partition coefficient (Wildman–Crippen LogP) is 4.99. The van der Waals surface area contributed by atoms with Gasteiger partial charge < -0.3 is 5.32 Å². The molecule has 0 bridgehead atoms. The third-order valence-electron chi connectivity index (χ3n) is 3.45. The smallest absolute Gasteiger partial charge is 0.0677 e. The van der Waals surface area contributed by atoms with Crippen LogP contribution < -0.4 is 5.32 Å². The minimum absolute atomic E-state index is 0.106. The van der Waals surface area contributed by atoms with Crippen LogP contribution in [0.25, 0.3) is 0 Å². The number of hydrogen-bond acceptors (Lipinski definition) is 2. The molecule has 0 radical (unpaired) electrons. The molecule has 1 aliphatic rings. The van der Waals surface area contributed by atoms with E-state index in [1.165, 1.54) is 12.8 Å². The van der Waals surface area contributed by atoms with Crippen LogP contribution in [-0.2, 0) is 0 Å². The molecule has 18 heavy (non-hydrogen) atoms. The van der Waals surface area contributed by atoms with Crippen LogP contribution in [0, 0.1) is 17.2 Å².